The van der Waals surface area contributed by atoms with E-state index in [9.17, 15) is 4.39 Å². The molecule has 0 heterocycles. The van der Waals surface area contributed by atoms with Gasteiger partial charge in [0.05, 0.1) is 0 Å². The van der Waals surface area contributed by atoms with Gasteiger partial charge in [0.15, 0.2) is 0 Å². The third-order valence-electron chi connectivity index (χ3n) is 3.86. The van der Waals surface area contributed by atoms with Crippen molar-refractivity contribution in [3.63, 3.8) is 0 Å². The van der Waals surface area contributed by atoms with Crippen molar-refractivity contribution in [2.45, 2.75) is 24.8 Å². The van der Waals surface area contributed by atoms with Crippen LogP contribution in [0.4, 0.5) is 4.39 Å². The van der Waals surface area contributed by atoms with Crippen LogP contribution in [0.15, 0.2) is 48.5 Å². The normalized spacial score (nSPS) is 22.6. The summed E-state index contributed by atoms with van der Waals surface area (Å²) in [7, 11) is 0. The molecule has 0 amide bonds. The molecule has 1 nitrogen and oxygen atoms in total. The van der Waals surface area contributed by atoms with Crippen LogP contribution in [0, 0.1) is 5.82 Å². The van der Waals surface area contributed by atoms with Gasteiger partial charge in [-0.2, -0.15) is 0 Å². The molecule has 0 aromatic heterocycles. The quantitative estimate of drug-likeness (QED) is 0.815. The first kappa shape index (κ1) is 11.4. The molecule has 0 fully saturated rings. The lowest BCUT2D eigenvalue weighted by molar-refractivity contribution is 0.383. The Balaban J connectivity index is 1.99. The van der Waals surface area contributed by atoms with E-state index < -0.39 is 5.54 Å². The summed E-state index contributed by atoms with van der Waals surface area (Å²) < 4.78 is 13.3. The number of nitrogens with two attached hydrogens (primary N) is 1. The Hall–Kier alpha value is -1.67. The number of benzene rings is 2. The first-order chi connectivity index (χ1) is 8.67. The summed E-state index contributed by atoms with van der Waals surface area (Å²) in [6, 6.07) is 15.1. The summed E-state index contributed by atoms with van der Waals surface area (Å²) in [4.78, 5) is 0. The number of hydrogen-bond acceptors (Lipinski definition) is 1. The SMILES string of the molecule is NC1(c2cccc(F)c2)CCc2ccccc2C1. The molecule has 0 bridgehead atoms. The predicted molar refractivity (Wildman–Crippen MR) is 70.7 cm³/mol. The molecule has 2 heteroatoms. The number of rotatable bonds is 1. The van der Waals surface area contributed by atoms with Crippen molar-refractivity contribution < 1.29 is 4.39 Å². The van der Waals surface area contributed by atoms with Crippen LogP contribution in [0.5, 0.6) is 0 Å². The average molecular weight is 241 g/mol. The highest BCUT2D eigenvalue weighted by Crippen LogP contribution is 2.34. The molecule has 1 aliphatic carbocycles. The van der Waals surface area contributed by atoms with Gasteiger partial charge < -0.3 is 5.73 Å². The van der Waals surface area contributed by atoms with Crippen LogP contribution in [0.2, 0.25) is 0 Å². The fourth-order valence-corrected chi connectivity index (χ4v) is 2.80. The summed E-state index contributed by atoms with van der Waals surface area (Å²) in [6.45, 7) is 0. The molecule has 0 spiro atoms. The Bertz CT molecular complexity index is 579. The lowest BCUT2D eigenvalue weighted by atomic mass is 9.74. The third-order valence-corrected chi connectivity index (χ3v) is 3.86. The van der Waals surface area contributed by atoms with E-state index in [-0.39, 0.29) is 5.82 Å². The average Bonchev–Trinajstić information content (AvgIpc) is 2.38. The van der Waals surface area contributed by atoms with Crippen LogP contribution in [-0.4, -0.2) is 0 Å². The molecule has 1 aliphatic rings. The minimum atomic E-state index is -0.434. The maximum absolute atomic E-state index is 13.3. The fourth-order valence-electron chi connectivity index (χ4n) is 2.80. The summed E-state index contributed by atoms with van der Waals surface area (Å²) in [5.41, 5.74) is 9.62. The molecule has 0 saturated carbocycles. The smallest absolute Gasteiger partial charge is 0.123 e. The van der Waals surface area contributed by atoms with Crippen molar-refractivity contribution in [1.82, 2.24) is 0 Å². The van der Waals surface area contributed by atoms with Crippen molar-refractivity contribution in [1.29, 1.82) is 0 Å². The molecule has 0 aliphatic heterocycles. The number of hydrogen-bond donors (Lipinski definition) is 1. The molecule has 0 radical (unpaired) electrons. The van der Waals surface area contributed by atoms with Gasteiger partial charge in [-0.15, -0.1) is 0 Å². The molecule has 3 rings (SSSR count). The predicted octanol–water partition coefficient (Wildman–Crippen LogP) is 3.17. The lowest BCUT2D eigenvalue weighted by Gasteiger charge is -2.35. The maximum Gasteiger partial charge on any atom is 0.123 e. The zero-order valence-corrected chi connectivity index (χ0v) is 10.2. The summed E-state index contributed by atoms with van der Waals surface area (Å²) in [5, 5.41) is 0. The zero-order chi connectivity index (χ0) is 12.6. The van der Waals surface area contributed by atoms with Gasteiger partial charge in [0, 0.05) is 5.54 Å². The van der Waals surface area contributed by atoms with Crippen LogP contribution < -0.4 is 5.73 Å². The van der Waals surface area contributed by atoms with E-state index in [1.165, 1.54) is 17.2 Å². The Labute approximate surface area is 106 Å². The first-order valence-electron chi connectivity index (χ1n) is 6.29. The molecule has 0 saturated heterocycles. The molecular formula is C16H16FN. The van der Waals surface area contributed by atoms with E-state index in [1.807, 2.05) is 12.1 Å². The van der Waals surface area contributed by atoms with Gasteiger partial charge in [-0.05, 0) is 48.1 Å². The van der Waals surface area contributed by atoms with Crippen molar-refractivity contribution >= 4 is 0 Å². The van der Waals surface area contributed by atoms with Crippen molar-refractivity contribution in [3.05, 3.63) is 71.0 Å². The molecule has 2 N–H and O–H groups in total. The van der Waals surface area contributed by atoms with Crippen molar-refractivity contribution in [2.24, 2.45) is 5.73 Å². The van der Waals surface area contributed by atoms with Crippen LogP contribution in [0.25, 0.3) is 0 Å². The second-order valence-electron chi connectivity index (χ2n) is 5.11. The highest BCUT2D eigenvalue weighted by molar-refractivity contribution is 5.36. The first-order valence-corrected chi connectivity index (χ1v) is 6.29. The van der Waals surface area contributed by atoms with Crippen LogP contribution in [-0.2, 0) is 18.4 Å². The fraction of sp³-hybridized carbons (Fsp3) is 0.250. The van der Waals surface area contributed by atoms with Gasteiger partial charge in [0.2, 0.25) is 0 Å². The Morgan fingerprint density at radius 3 is 2.56 bits per heavy atom. The molecular weight excluding hydrogens is 225 g/mol. The number of halogens is 1. The largest absolute Gasteiger partial charge is 0.321 e. The summed E-state index contributed by atoms with van der Waals surface area (Å²) >= 11 is 0. The van der Waals surface area contributed by atoms with Gasteiger partial charge in [-0.25, -0.2) is 4.39 Å². The summed E-state index contributed by atoms with van der Waals surface area (Å²) in [6.07, 6.45) is 2.61. The van der Waals surface area contributed by atoms with Crippen LogP contribution in [0.3, 0.4) is 0 Å². The Kier molecular flexibility index (Phi) is 2.67. The van der Waals surface area contributed by atoms with E-state index in [0.29, 0.717) is 0 Å². The van der Waals surface area contributed by atoms with Gasteiger partial charge in [0.1, 0.15) is 5.82 Å². The maximum atomic E-state index is 13.3. The van der Waals surface area contributed by atoms with Gasteiger partial charge >= 0.3 is 0 Å². The molecule has 92 valence electrons. The topological polar surface area (TPSA) is 26.0 Å². The van der Waals surface area contributed by atoms with Gasteiger partial charge in [-0.1, -0.05) is 36.4 Å². The highest BCUT2D eigenvalue weighted by atomic mass is 19.1. The van der Waals surface area contributed by atoms with E-state index in [0.717, 1.165) is 24.8 Å². The zero-order valence-electron chi connectivity index (χ0n) is 10.2. The Morgan fingerprint density at radius 1 is 1.00 bits per heavy atom. The van der Waals surface area contributed by atoms with E-state index >= 15 is 0 Å². The highest BCUT2D eigenvalue weighted by Gasteiger charge is 2.32. The Morgan fingerprint density at radius 2 is 1.78 bits per heavy atom. The third kappa shape index (κ3) is 1.93. The molecule has 18 heavy (non-hydrogen) atoms. The minimum Gasteiger partial charge on any atom is -0.321 e. The molecule has 1 unspecified atom stereocenters. The lowest BCUT2D eigenvalue weighted by Crippen LogP contribution is -2.42. The number of fused-ring (bicyclic) bond motifs is 1. The van der Waals surface area contributed by atoms with Gasteiger partial charge in [-0.3, -0.25) is 0 Å². The number of aryl methyl sites for hydroxylation is 1. The minimum absolute atomic E-state index is 0.212. The van der Waals surface area contributed by atoms with E-state index in [4.69, 9.17) is 5.73 Å². The standard InChI is InChI=1S/C16H16FN/c17-15-7-3-6-14(10-15)16(18)9-8-12-4-1-2-5-13(12)11-16/h1-7,10H,8-9,11,18H2. The van der Waals surface area contributed by atoms with E-state index in [2.05, 4.69) is 18.2 Å². The second-order valence-corrected chi connectivity index (χ2v) is 5.11. The van der Waals surface area contributed by atoms with Crippen LogP contribution >= 0.6 is 0 Å². The monoisotopic (exact) mass is 241 g/mol. The second kappa shape index (κ2) is 4.21. The van der Waals surface area contributed by atoms with E-state index in [1.54, 1.807) is 12.1 Å². The van der Waals surface area contributed by atoms with Crippen molar-refractivity contribution in [2.75, 3.05) is 0 Å². The van der Waals surface area contributed by atoms with Gasteiger partial charge in [0.25, 0.3) is 0 Å². The molecule has 2 aromatic carbocycles. The molecule has 1 atom stereocenters. The van der Waals surface area contributed by atoms with Crippen molar-refractivity contribution in [3.8, 4) is 0 Å². The molecule has 2 aromatic rings. The van der Waals surface area contributed by atoms with Crippen LogP contribution in [0.1, 0.15) is 23.1 Å². The summed E-state index contributed by atoms with van der Waals surface area (Å²) in [5.74, 6) is -0.212.